The first-order chi connectivity index (χ1) is 11.0. The van der Waals surface area contributed by atoms with E-state index in [4.69, 9.17) is 15.6 Å². The predicted octanol–water partition coefficient (Wildman–Crippen LogP) is 4.20. The van der Waals surface area contributed by atoms with Crippen LogP contribution < -0.4 is 4.74 Å². The molecule has 0 amide bonds. The van der Waals surface area contributed by atoms with Crippen molar-refractivity contribution in [3.8, 4) is 5.75 Å². The van der Waals surface area contributed by atoms with Gasteiger partial charge in [-0.05, 0) is 0 Å². The summed E-state index contributed by atoms with van der Waals surface area (Å²) in [6, 6.07) is 5.48. The zero-order valence-corrected chi connectivity index (χ0v) is 17.3. The van der Waals surface area contributed by atoms with Gasteiger partial charge in [0, 0.05) is 0 Å². The van der Waals surface area contributed by atoms with E-state index in [1.54, 1.807) is 13.2 Å². The molecule has 0 aliphatic carbocycles. The average molecular weight is 452 g/mol. The third-order valence-corrected chi connectivity index (χ3v) is 6.79. The topological polar surface area (TPSA) is 71.1 Å². The molecule has 0 heterocycles. The second kappa shape index (κ2) is 8.66. The molecule has 0 saturated carbocycles. The van der Waals surface area contributed by atoms with E-state index < -0.39 is 38.2 Å². The number of hydrogen-bond acceptors (Lipinski definition) is 6. The van der Waals surface area contributed by atoms with Crippen molar-refractivity contribution in [3.05, 3.63) is 27.3 Å². The van der Waals surface area contributed by atoms with E-state index in [9.17, 15) is 9.59 Å². The minimum absolute atomic E-state index is 0.269. The van der Waals surface area contributed by atoms with Crippen molar-refractivity contribution in [2.75, 3.05) is 7.11 Å². The summed E-state index contributed by atoms with van der Waals surface area (Å²) in [5.41, 5.74) is 0.324. The number of carbonyl (C=O) groups excluding carboxylic acids is 2. The quantitative estimate of drug-likeness (QED) is 0.603. The molecule has 7 heteroatoms. The van der Waals surface area contributed by atoms with Gasteiger partial charge in [0.25, 0.3) is 0 Å². The van der Waals surface area contributed by atoms with Crippen LogP contribution >= 0.6 is 20.6 Å². The molecule has 0 aromatic heterocycles. The SMILES string of the molecule is COC(C)c1cccc(OC(C)(C)C)c1I(OC(C)=O)OC(C)=O. The van der Waals surface area contributed by atoms with Crippen LogP contribution in [0.5, 0.6) is 5.75 Å². The van der Waals surface area contributed by atoms with Crippen LogP contribution in [0.1, 0.15) is 53.2 Å². The molecular weight excluding hydrogens is 427 g/mol. The van der Waals surface area contributed by atoms with E-state index in [0.717, 1.165) is 5.56 Å². The zero-order chi connectivity index (χ0) is 18.5. The number of halogens is 1. The molecule has 0 bridgehead atoms. The molecule has 24 heavy (non-hydrogen) atoms. The van der Waals surface area contributed by atoms with E-state index in [1.807, 2.05) is 39.8 Å². The van der Waals surface area contributed by atoms with E-state index >= 15 is 0 Å². The predicted molar refractivity (Wildman–Crippen MR) is 98.5 cm³/mol. The normalized spacial score (nSPS) is 13.0. The Kier molecular flexibility index (Phi) is 7.47. The van der Waals surface area contributed by atoms with Crippen molar-refractivity contribution in [1.82, 2.24) is 0 Å². The Morgan fingerprint density at radius 2 is 1.62 bits per heavy atom. The number of carbonyl (C=O) groups is 2. The zero-order valence-electron chi connectivity index (χ0n) is 15.1. The molecule has 0 saturated heterocycles. The summed E-state index contributed by atoms with van der Waals surface area (Å²) in [7, 11) is 1.59. The molecule has 0 fully saturated rings. The van der Waals surface area contributed by atoms with Crippen LogP contribution in [0.3, 0.4) is 0 Å². The maximum absolute atomic E-state index is 11.5. The summed E-state index contributed by atoms with van der Waals surface area (Å²) in [5, 5.41) is 0. The van der Waals surface area contributed by atoms with Gasteiger partial charge in [0.1, 0.15) is 0 Å². The Hall–Kier alpha value is -1.35. The molecule has 0 aliphatic heterocycles. The van der Waals surface area contributed by atoms with Crippen molar-refractivity contribution in [3.63, 3.8) is 0 Å². The standard InChI is InChI=1S/C17H25IO6/c1-11(21-7)14-9-8-10-15(22-17(4,5)6)16(14)18(23-12(2)19)24-13(3)20/h8-11H,1-7H3. The molecule has 1 aromatic rings. The molecule has 0 aliphatic rings. The van der Waals surface area contributed by atoms with E-state index in [1.165, 1.54) is 13.8 Å². The fraction of sp³-hybridized carbons (Fsp3) is 0.529. The first-order valence-corrected chi connectivity index (χ1v) is 10.3. The Balaban J connectivity index is 3.50. The Morgan fingerprint density at radius 3 is 2.04 bits per heavy atom. The van der Waals surface area contributed by atoms with E-state index in [-0.39, 0.29) is 6.10 Å². The van der Waals surface area contributed by atoms with Gasteiger partial charge in [0.2, 0.25) is 0 Å². The van der Waals surface area contributed by atoms with Crippen LogP contribution in [-0.2, 0) is 20.5 Å². The number of benzene rings is 1. The molecule has 1 rings (SSSR count). The number of rotatable bonds is 6. The van der Waals surface area contributed by atoms with Crippen molar-refractivity contribution in [1.29, 1.82) is 0 Å². The van der Waals surface area contributed by atoms with Crippen LogP contribution in [-0.4, -0.2) is 24.6 Å². The first kappa shape index (κ1) is 20.7. The summed E-state index contributed by atoms with van der Waals surface area (Å²) in [6.45, 7) is 10.2. The third kappa shape index (κ3) is 6.27. The second-order valence-electron chi connectivity index (χ2n) is 6.11. The molecule has 0 N–H and O–H groups in total. The van der Waals surface area contributed by atoms with Gasteiger partial charge in [-0.2, -0.15) is 0 Å². The van der Waals surface area contributed by atoms with Crippen molar-refractivity contribution in [2.24, 2.45) is 0 Å². The minimum atomic E-state index is -3.06. The molecule has 0 radical (unpaired) electrons. The van der Waals surface area contributed by atoms with E-state index in [0.29, 0.717) is 9.32 Å². The Bertz CT molecular complexity index is 577. The van der Waals surface area contributed by atoms with Crippen LogP contribution in [0.2, 0.25) is 0 Å². The monoisotopic (exact) mass is 452 g/mol. The van der Waals surface area contributed by atoms with Crippen LogP contribution in [0.25, 0.3) is 0 Å². The molecule has 136 valence electrons. The summed E-state index contributed by atoms with van der Waals surface area (Å²) in [6.07, 6.45) is -0.269. The molecule has 1 aromatic carbocycles. The maximum atomic E-state index is 11.5. The Morgan fingerprint density at radius 1 is 1.08 bits per heavy atom. The summed E-state index contributed by atoms with van der Waals surface area (Å²) in [5.74, 6) is -0.456. The summed E-state index contributed by atoms with van der Waals surface area (Å²) >= 11 is -3.06. The number of hydrogen-bond donors (Lipinski definition) is 0. The Labute approximate surface area is 151 Å². The molecule has 6 nitrogen and oxygen atoms in total. The first-order valence-electron chi connectivity index (χ1n) is 7.48. The number of ether oxygens (including phenoxy) is 2. The van der Waals surface area contributed by atoms with Crippen LogP contribution in [0, 0.1) is 3.57 Å². The average Bonchev–Trinajstić information content (AvgIpc) is 2.42. The van der Waals surface area contributed by atoms with Crippen LogP contribution in [0.15, 0.2) is 18.2 Å². The fourth-order valence-electron chi connectivity index (χ4n) is 1.83. The van der Waals surface area contributed by atoms with Crippen molar-refractivity contribution in [2.45, 2.75) is 53.2 Å². The third-order valence-electron chi connectivity index (χ3n) is 2.71. The number of methoxy groups -OCH3 is 1. The van der Waals surface area contributed by atoms with Gasteiger partial charge in [0.05, 0.1) is 0 Å². The van der Waals surface area contributed by atoms with Gasteiger partial charge >= 0.3 is 151 Å². The second-order valence-corrected chi connectivity index (χ2v) is 9.31. The van der Waals surface area contributed by atoms with Crippen molar-refractivity contribution >= 4 is 32.6 Å². The van der Waals surface area contributed by atoms with Crippen molar-refractivity contribution < 1.29 is 25.2 Å². The summed E-state index contributed by atoms with van der Waals surface area (Å²) < 4.78 is 22.8. The van der Waals surface area contributed by atoms with Gasteiger partial charge in [-0.15, -0.1) is 0 Å². The molecule has 1 unspecified atom stereocenters. The summed E-state index contributed by atoms with van der Waals surface area (Å²) in [4.78, 5) is 23.0. The van der Waals surface area contributed by atoms with Crippen LogP contribution in [0.4, 0.5) is 0 Å². The van der Waals surface area contributed by atoms with E-state index in [2.05, 4.69) is 0 Å². The molecular formula is C17H25IO6. The molecule has 0 spiro atoms. The van der Waals surface area contributed by atoms with Gasteiger partial charge < -0.3 is 0 Å². The van der Waals surface area contributed by atoms with Gasteiger partial charge in [0.15, 0.2) is 0 Å². The van der Waals surface area contributed by atoms with Gasteiger partial charge in [-0.25, -0.2) is 0 Å². The molecule has 1 atom stereocenters. The fourth-order valence-corrected chi connectivity index (χ4v) is 5.34. The van der Waals surface area contributed by atoms with Gasteiger partial charge in [-0.1, -0.05) is 0 Å². The van der Waals surface area contributed by atoms with Gasteiger partial charge in [-0.3, -0.25) is 0 Å².